The van der Waals surface area contributed by atoms with Crippen molar-refractivity contribution in [2.24, 2.45) is 0 Å². The minimum atomic E-state index is -0.614. The molecule has 2 aromatic rings. The highest BCUT2D eigenvalue weighted by Gasteiger charge is 2.22. The number of rotatable bonds is 5. The zero-order chi connectivity index (χ0) is 17.6. The van der Waals surface area contributed by atoms with Crippen LogP contribution < -0.4 is 10.2 Å². The summed E-state index contributed by atoms with van der Waals surface area (Å²) in [5.74, 6) is -0.555. The molecule has 0 aliphatic carbocycles. The molecule has 0 unspecified atom stereocenters. The molecule has 2 heterocycles. The zero-order valence-corrected chi connectivity index (χ0v) is 13.8. The van der Waals surface area contributed by atoms with Gasteiger partial charge in [-0.1, -0.05) is 6.07 Å². The maximum absolute atomic E-state index is 13.6. The summed E-state index contributed by atoms with van der Waals surface area (Å²) in [6.07, 6.45) is 7.25. The monoisotopic (exact) mass is 346 g/mol. The Labute approximate surface area is 145 Å². The van der Waals surface area contributed by atoms with E-state index in [0.717, 1.165) is 31.3 Å². The summed E-state index contributed by atoms with van der Waals surface area (Å²) < 4.78 is 26.5. The molecular weight excluding hydrogens is 326 g/mol. The molecule has 1 fully saturated rings. The second kappa shape index (κ2) is 8.00. The van der Waals surface area contributed by atoms with Gasteiger partial charge >= 0.3 is 0 Å². The van der Waals surface area contributed by atoms with Crippen molar-refractivity contribution in [1.82, 2.24) is 15.3 Å². The first-order chi connectivity index (χ1) is 12.1. The molecule has 25 heavy (non-hydrogen) atoms. The van der Waals surface area contributed by atoms with Gasteiger partial charge in [-0.15, -0.1) is 0 Å². The largest absolute Gasteiger partial charge is 0.353 e. The van der Waals surface area contributed by atoms with Crippen molar-refractivity contribution in [3.8, 4) is 0 Å². The molecule has 0 radical (unpaired) electrons. The predicted octanol–water partition coefficient (Wildman–Crippen LogP) is 2.47. The number of anilines is 1. The van der Waals surface area contributed by atoms with Gasteiger partial charge < -0.3 is 10.2 Å². The van der Waals surface area contributed by atoms with Gasteiger partial charge in [-0.05, 0) is 30.9 Å². The fourth-order valence-electron chi connectivity index (χ4n) is 3.03. The average Bonchev–Trinajstić information content (AvgIpc) is 2.62. The van der Waals surface area contributed by atoms with Crippen LogP contribution in [0.4, 0.5) is 14.6 Å². The van der Waals surface area contributed by atoms with E-state index >= 15 is 0 Å². The molecule has 1 N–H and O–H groups in total. The lowest BCUT2D eigenvalue weighted by Gasteiger charge is -2.33. The lowest BCUT2D eigenvalue weighted by molar-refractivity contribution is -0.121. The molecule has 1 aliphatic rings. The van der Waals surface area contributed by atoms with Crippen LogP contribution in [0.1, 0.15) is 24.8 Å². The highest BCUT2D eigenvalue weighted by Crippen LogP contribution is 2.17. The lowest BCUT2D eigenvalue weighted by atomic mass is 10.0. The number of carbonyl (C=O) groups excluding carboxylic acids is 1. The van der Waals surface area contributed by atoms with Gasteiger partial charge in [-0.25, -0.2) is 13.8 Å². The van der Waals surface area contributed by atoms with Crippen molar-refractivity contribution in [1.29, 1.82) is 0 Å². The average molecular weight is 346 g/mol. The van der Waals surface area contributed by atoms with E-state index in [-0.39, 0.29) is 24.8 Å². The number of nitrogens with zero attached hydrogens (tertiary/aromatic N) is 3. The summed E-state index contributed by atoms with van der Waals surface area (Å²) in [5, 5.41) is 2.99. The van der Waals surface area contributed by atoms with Crippen molar-refractivity contribution < 1.29 is 13.6 Å². The van der Waals surface area contributed by atoms with Crippen molar-refractivity contribution >= 4 is 11.7 Å². The number of aromatic nitrogens is 2. The van der Waals surface area contributed by atoms with Crippen LogP contribution in [0, 0.1) is 11.6 Å². The van der Waals surface area contributed by atoms with Gasteiger partial charge in [0.2, 0.25) is 5.91 Å². The van der Waals surface area contributed by atoms with Crippen LogP contribution >= 0.6 is 0 Å². The van der Waals surface area contributed by atoms with E-state index in [0.29, 0.717) is 12.1 Å². The molecule has 1 aromatic heterocycles. The maximum atomic E-state index is 13.6. The van der Waals surface area contributed by atoms with Gasteiger partial charge in [0.1, 0.15) is 17.5 Å². The van der Waals surface area contributed by atoms with Crippen LogP contribution in [0.5, 0.6) is 0 Å². The smallest absolute Gasteiger partial charge is 0.220 e. The summed E-state index contributed by atoms with van der Waals surface area (Å²) in [6, 6.07) is 3.46. The predicted molar refractivity (Wildman–Crippen MR) is 90.1 cm³/mol. The number of piperidine rings is 1. The summed E-state index contributed by atoms with van der Waals surface area (Å²) in [5.41, 5.74) is 0.349. The molecule has 1 aliphatic heterocycles. The second-order valence-electron chi connectivity index (χ2n) is 6.15. The zero-order valence-electron chi connectivity index (χ0n) is 13.8. The van der Waals surface area contributed by atoms with Crippen molar-refractivity contribution in [2.45, 2.75) is 31.7 Å². The minimum Gasteiger partial charge on any atom is -0.353 e. The van der Waals surface area contributed by atoms with E-state index in [1.807, 2.05) is 0 Å². The normalized spacial score (nSPS) is 17.4. The van der Waals surface area contributed by atoms with Gasteiger partial charge in [0.25, 0.3) is 0 Å². The van der Waals surface area contributed by atoms with Crippen molar-refractivity contribution in [3.63, 3.8) is 0 Å². The van der Waals surface area contributed by atoms with Crippen LogP contribution in [0.2, 0.25) is 0 Å². The minimum absolute atomic E-state index is 0.0290. The number of hydrogen-bond donors (Lipinski definition) is 1. The summed E-state index contributed by atoms with van der Waals surface area (Å²) in [4.78, 5) is 22.6. The number of benzene rings is 1. The molecule has 1 saturated heterocycles. The third-order valence-electron chi connectivity index (χ3n) is 4.30. The Morgan fingerprint density at radius 3 is 2.96 bits per heavy atom. The SMILES string of the molecule is O=C(CCc1ccc(F)cc1F)N[C@@H]1CCCN(c2cnccn2)C1. The molecule has 1 atom stereocenters. The van der Waals surface area contributed by atoms with E-state index in [2.05, 4.69) is 20.2 Å². The lowest BCUT2D eigenvalue weighted by Crippen LogP contribution is -2.48. The molecule has 7 heteroatoms. The summed E-state index contributed by atoms with van der Waals surface area (Å²) in [7, 11) is 0. The number of halogens is 2. The molecular formula is C18H20F2N4O. The van der Waals surface area contributed by atoms with Crippen LogP contribution in [-0.4, -0.2) is 35.0 Å². The van der Waals surface area contributed by atoms with Gasteiger partial charge in [0.15, 0.2) is 0 Å². The Bertz CT molecular complexity index is 726. The van der Waals surface area contributed by atoms with Gasteiger partial charge in [-0.2, -0.15) is 0 Å². The van der Waals surface area contributed by atoms with Crippen molar-refractivity contribution in [3.05, 3.63) is 54.0 Å². The summed E-state index contributed by atoms with van der Waals surface area (Å²) in [6.45, 7) is 1.56. The number of hydrogen-bond acceptors (Lipinski definition) is 4. The van der Waals surface area contributed by atoms with E-state index in [1.54, 1.807) is 18.6 Å². The van der Waals surface area contributed by atoms with Crippen LogP contribution in [-0.2, 0) is 11.2 Å². The van der Waals surface area contributed by atoms with Gasteiger partial charge in [0.05, 0.1) is 6.20 Å². The second-order valence-corrected chi connectivity index (χ2v) is 6.15. The molecule has 1 aromatic carbocycles. The molecule has 0 saturated carbocycles. The molecule has 3 rings (SSSR count). The van der Waals surface area contributed by atoms with E-state index < -0.39 is 11.6 Å². The van der Waals surface area contributed by atoms with Crippen molar-refractivity contribution in [2.75, 3.05) is 18.0 Å². The number of aryl methyl sites for hydroxylation is 1. The molecule has 0 bridgehead atoms. The van der Waals surface area contributed by atoms with Crippen LogP contribution in [0.25, 0.3) is 0 Å². The quantitative estimate of drug-likeness (QED) is 0.904. The Morgan fingerprint density at radius 1 is 1.32 bits per heavy atom. The maximum Gasteiger partial charge on any atom is 0.220 e. The Balaban J connectivity index is 1.50. The highest BCUT2D eigenvalue weighted by atomic mass is 19.1. The highest BCUT2D eigenvalue weighted by molar-refractivity contribution is 5.76. The molecule has 132 valence electrons. The number of nitrogens with one attached hydrogen (secondary N) is 1. The first kappa shape index (κ1) is 17.3. The third-order valence-corrected chi connectivity index (χ3v) is 4.30. The first-order valence-corrected chi connectivity index (χ1v) is 8.36. The van der Waals surface area contributed by atoms with E-state index in [4.69, 9.17) is 0 Å². The fourth-order valence-corrected chi connectivity index (χ4v) is 3.03. The van der Waals surface area contributed by atoms with Crippen LogP contribution in [0.15, 0.2) is 36.8 Å². The summed E-state index contributed by atoms with van der Waals surface area (Å²) >= 11 is 0. The fraction of sp³-hybridized carbons (Fsp3) is 0.389. The van der Waals surface area contributed by atoms with Gasteiger partial charge in [0, 0.05) is 44.0 Å². The van der Waals surface area contributed by atoms with E-state index in [1.165, 1.54) is 12.1 Å². The molecule has 5 nitrogen and oxygen atoms in total. The topological polar surface area (TPSA) is 58.1 Å². The standard InChI is InChI=1S/C18H20F2N4O/c19-14-5-3-13(16(20)10-14)4-6-18(25)23-15-2-1-9-24(12-15)17-11-21-7-8-22-17/h3,5,7-8,10-11,15H,1-2,4,6,9,12H2,(H,23,25)/t15-/m1/s1. The number of carbonyl (C=O) groups is 1. The Hall–Kier alpha value is -2.57. The van der Waals surface area contributed by atoms with E-state index in [9.17, 15) is 13.6 Å². The third kappa shape index (κ3) is 4.71. The van der Waals surface area contributed by atoms with Gasteiger partial charge in [-0.3, -0.25) is 9.78 Å². The number of amides is 1. The van der Waals surface area contributed by atoms with Crippen LogP contribution in [0.3, 0.4) is 0 Å². The Kier molecular flexibility index (Phi) is 5.53. The molecule has 0 spiro atoms. The first-order valence-electron chi connectivity index (χ1n) is 8.36. The Morgan fingerprint density at radius 2 is 2.20 bits per heavy atom. The molecule has 1 amide bonds.